The monoisotopic (exact) mass is 340 g/mol. The van der Waals surface area contributed by atoms with Gasteiger partial charge in [-0.15, -0.1) is 0 Å². The number of carbonyl (C=O) groups is 1. The van der Waals surface area contributed by atoms with Crippen molar-refractivity contribution in [2.75, 3.05) is 39.9 Å². The van der Waals surface area contributed by atoms with Gasteiger partial charge >= 0.3 is 0 Å². The van der Waals surface area contributed by atoms with E-state index in [0.717, 1.165) is 24.5 Å². The molecule has 0 N–H and O–H groups in total. The van der Waals surface area contributed by atoms with Crippen LogP contribution in [0.2, 0.25) is 0 Å². The Bertz CT molecular complexity index is 767. The van der Waals surface area contributed by atoms with Crippen LogP contribution in [-0.4, -0.2) is 76.5 Å². The largest absolute Gasteiger partial charge is 0.379 e. The Morgan fingerprint density at radius 3 is 2.72 bits per heavy atom. The zero-order valence-corrected chi connectivity index (χ0v) is 14.1. The molecule has 1 amide bonds. The Labute approximate surface area is 145 Å². The maximum absolute atomic E-state index is 12.9. The molecule has 4 rings (SSSR count). The number of rotatable bonds is 4. The standard InChI is InChI=1S/C17H20N6O2/c1-21-16(24)17(11-20-21,12-22-6-8-25-9-7-22)14-2-3-15(19-10-14)23-5-4-18-13-23/h2-5,10-11,13H,6-9,12H2,1H3. The lowest BCUT2D eigenvalue weighted by atomic mass is 9.81. The van der Waals surface area contributed by atoms with Crippen LogP contribution in [0.25, 0.3) is 5.82 Å². The quantitative estimate of drug-likeness (QED) is 0.800. The fourth-order valence-corrected chi connectivity index (χ4v) is 3.29. The minimum atomic E-state index is -0.799. The Balaban J connectivity index is 1.66. The molecular weight excluding hydrogens is 320 g/mol. The van der Waals surface area contributed by atoms with Crippen LogP contribution in [0.5, 0.6) is 0 Å². The lowest BCUT2D eigenvalue weighted by Crippen LogP contribution is -2.51. The predicted molar refractivity (Wildman–Crippen MR) is 91.6 cm³/mol. The summed E-state index contributed by atoms with van der Waals surface area (Å²) in [4.78, 5) is 23.7. The van der Waals surface area contributed by atoms with E-state index in [4.69, 9.17) is 4.74 Å². The van der Waals surface area contributed by atoms with Crippen LogP contribution < -0.4 is 0 Å². The van der Waals surface area contributed by atoms with Crippen molar-refractivity contribution in [1.29, 1.82) is 0 Å². The number of hydrogen-bond acceptors (Lipinski definition) is 6. The van der Waals surface area contributed by atoms with Gasteiger partial charge in [0.1, 0.15) is 17.6 Å². The Kier molecular flexibility index (Phi) is 4.06. The smallest absolute Gasteiger partial charge is 0.259 e. The first-order chi connectivity index (χ1) is 12.2. The fraction of sp³-hybridized carbons (Fsp3) is 0.412. The first-order valence-corrected chi connectivity index (χ1v) is 8.27. The van der Waals surface area contributed by atoms with E-state index in [1.165, 1.54) is 5.01 Å². The number of likely N-dealkylation sites (N-methyl/N-ethyl adjacent to an activating group) is 1. The lowest BCUT2D eigenvalue weighted by molar-refractivity contribution is -0.132. The molecule has 0 aliphatic carbocycles. The summed E-state index contributed by atoms with van der Waals surface area (Å²) in [5.41, 5.74) is 0.0491. The second kappa shape index (κ2) is 6.38. The summed E-state index contributed by atoms with van der Waals surface area (Å²) in [5, 5.41) is 5.65. The molecule has 4 heterocycles. The van der Waals surface area contributed by atoms with E-state index >= 15 is 0 Å². The lowest BCUT2D eigenvalue weighted by Gasteiger charge is -2.34. The second-order valence-corrected chi connectivity index (χ2v) is 6.31. The molecule has 8 heteroatoms. The molecular formula is C17H20N6O2. The van der Waals surface area contributed by atoms with Crippen LogP contribution in [0.4, 0.5) is 0 Å². The average molecular weight is 340 g/mol. The van der Waals surface area contributed by atoms with Crippen LogP contribution in [0.1, 0.15) is 5.56 Å². The van der Waals surface area contributed by atoms with E-state index in [1.54, 1.807) is 32.0 Å². The summed E-state index contributed by atoms with van der Waals surface area (Å²) in [6.07, 6.45) is 8.75. The molecule has 0 saturated carbocycles. The maximum atomic E-state index is 12.9. The van der Waals surface area contributed by atoms with Crippen molar-refractivity contribution >= 4 is 12.1 Å². The Hall–Kier alpha value is -2.58. The van der Waals surface area contributed by atoms with Gasteiger partial charge in [0, 0.05) is 51.5 Å². The molecule has 25 heavy (non-hydrogen) atoms. The SMILES string of the molecule is CN1N=CC(CN2CCOCC2)(c2ccc(-n3ccnc3)nc2)C1=O. The number of hydrazone groups is 1. The van der Waals surface area contributed by atoms with Gasteiger partial charge in [-0.1, -0.05) is 6.07 Å². The van der Waals surface area contributed by atoms with E-state index in [-0.39, 0.29) is 5.91 Å². The molecule has 0 spiro atoms. The van der Waals surface area contributed by atoms with E-state index < -0.39 is 5.41 Å². The number of carbonyl (C=O) groups excluding carboxylic acids is 1. The third-order valence-electron chi connectivity index (χ3n) is 4.74. The van der Waals surface area contributed by atoms with Crippen molar-refractivity contribution in [2.45, 2.75) is 5.41 Å². The molecule has 2 aliphatic heterocycles. The fourth-order valence-electron chi connectivity index (χ4n) is 3.29. The number of hydrogen-bond donors (Lipinski definition) is 0. The van der Waals surface area contributed by atoms with Crippen LogP contribution in [-0.2, 0) is 14.9 Å². The van der Waals surface area contributed by atoms with Gasteiger partial charge in [-0.05, 0) is 11.6 Å². The van der Waals surface area contributed by atoms with Crippen molar-refractivity contribution in [3.8, 4) is 5.82 Å². The van der Waals surface area contributed by atoms with Crippen LogP contribution in [0.15, 0.2) is 42.2 Å². The highest BCUT2D eigenvalue weighted by Crippen LogP contribution is 2.30. The number of pyridine rings is 1. The zero-order chi connectivity index (χ0) is 17.3. The molecule has 0 aromatic carbocycles. The predicted octanol–water partition coefficient (Wildman–Crippen LogP) is 0.295. The molecule has 2 aromatic heterocycles. The number of amides is 1. The zero-order valence-electron chi connectivity index (χ0n) is 14.1. The van der Waals surface area contributed by atoms with E-state index in [9.17, 15) is 4.79 Å². The molecule has 1 fully saturated rings. The number of ether oxygens (including phenoxy) is 1. The molecule has 130 valence electrons. The summed E-state index contributed by atoms with van der Waals surface area (Å²) < 4.78 is 7.24. The summed E-state index contributed by atoms with van der Waals surface area (Å²) in [6, 6.07) is 3.85. The molecule has 8 nitrogen and oxygen atoms in total. The second-order valence-electron chi connectivity index (χ2n) is 6.31. The molecule has 1 unspecified atom stereocenters. The highest BCUT2D eigenvalue weighted by molar-refractivity contribution is 6.08. The minimum absolute atomic E-state index is 0.0313. The number of nitrogens with zero attached hydrogens (tertiary/aromatic N) is 6. The third kappa shape index (κ3) is 2.83. The van der Waals surface area contributed by atoms with Crippen molar-refractivity contribution in [2.24, 2.45) is 5.10 Å². The van der Waals surface area contributed by atoms with Crippen molar-refractivity contribution < 1.29 is 9.53 Å². The summed E-state index contributed by atoms with van der Waals surface area (Å²) in [7, 11) is 1.69. The minimum Gasteiger partial charge on any atom is -0.379 e. The van der Waals surface area contributed by atoms with Gasteiger partial charge in [0.25, 0.3) is 5.91 Å². The first kappa shape index (κ1) is 15.9. The summed E-state index contributed by atoms with van der Waals surface area (Å²) in [5.74, 6) is 0.731. The van der Waals surface area contributed by atoms with Gasteiger partial charge in [0.2, 0.25) is 0 Å². The Morgan fingerprint density at radius 1 is 1.28 bits per heavy atom. The van der Waals surface area contributed by atoms with E-state index in [1.807, 2.05) is 22.9 Å². The highest BCUT2D eigenvalue weighted by atomic mass is 16.5. The van der Waals surface area contributed by atoms with Gasteiger partial charge in [0.15, 0.2) is 0 Å². The van der Waals surface area contributed by atoms with Gasteiger partial charge < -0.3 is 4.74 Å². The highest BCUT2D eigenvalue weighted by Gasteiger charge is 2.46. The van der Waals surface area contributed by atoms with Crippen LogP contribution in [0, 0.1) is 0 Å². The number of imidazole rings is 1. The molecule has 0 radical (unpaired) electrons. The molecule has 1 saturated heterocycles. The van der Waals surface area contributed by atoms with Gasteiger partial charge in [-0.2, -0.15) is 5.10 Å². The van der Waals surface area contributed by atoms with Crippen molar-refractivity contribution in [3.05, 3.63) is 42.6 Å². The van der Waals surface area contributed by atoms with E-state index in [2.05, 4.69) is 20.0 Å². The summed E-state index contributed by atoms with van der Waals surface area (Å²) >= 11 is 0. The van der Waals surface area contributed by atoms with Gasteiger partial charge in [-0.3, -0.25) is 14.3 Å². The summed E-state index contributed by atoms with van der Waals surface area (Å²) in [6.45, 7) is 3.58. The topological polar surface area (TPSA) is 75.8 Å². The average Bonchev–Trinajstić information content (AvgIpc) is 3.28. The van der Waals surface area contributed by atoms with Gasteiger partial charge in [-0.25, -0.2) is 15.0 Å². The van der Waals surface area contributed by atoms with Gasteiger partial charge in [0.05, 0.1) is 13.2 Å². The van der Waals surface area contributed by atoms with E-state index in [0.29, 0.717) is 19.8 Å². The van der Waals surface area contributed by atoms with Crippen LogP contribution in [0.3, 0.4) is 0 Å². The number of aromatic nitrogens is 3. The number of morpholine rings is 1. The molecule has 2 aliphatic rings. The van der Waals surface area contributed by atoms with Crippen LogP contribution >= 0.6 is 0 Å². The molecule has 2 aromatic rings. The third-order valence-corrected chi connectivity index (χ3v) is 4.74. The Morgan fingerprint density at radius 2 is 2.12 bits per heavy atom. The molecule has 1 atom stereocenters. The van der Waals surface area contributed by atoms with Crippen molar-refractivity contribution in [1.82, 2.24) is 24.4 Å². The normalized spacial score (nSPS) is 24.2. The molecule has 0 bridgehead atoms. The maximum Gasteiger partial charge on any atom is 0.259 e. The first-order valence-electron chi connectivity index (χ1n) is 8.27. The van der Waals surface area contributed by atoms with Crippen molar-refractivity contribution in [3.63, 3.8) is 0 Å².